The van der Waals surface area contributed by atoms with Gasteiger partial charge in [0.05, 0.1) is 30.5 Å². The van der Waals surface area contributed by atoms with Crippen molar-refractivity contribution in [1.29, 1.82) is 0 Å². The molecule has 1 fully saturated rings. The Balaban J connectivity index is 2.18. The van der Waals surface area contributed by atoms with Crippen LogP contribution in [-0.2, 0) is 23.9 Å². The minimum atomic E-state index is -3.18. The molecule has 1 aliphatic heterocycles. The smallest absolute Gasteiger partial charge is 0.345 e. The summed E-state index contributed by atoms with van der Waals surface area (Å²) in [4.78, 5) is 56.1. The van der Waals surface area contributed by atoms with Gasteiger partial charge in [-0.3, -0.25) is 19.2 Å². The van der Waals surface area contributed by atoms with Crippen LogP contribution in [0.25, 0.3) is 0 Å². The first-order valence-corrected chi connectivity index (χ1v) is 13.0. The Hall–Kier alpha value is -2.51. The number of aryl methyl sites for hydroxylation is 1. The Labute approximate surface area is 219 Å². The second kappa shape index (κ2) is 13.3. The number of epoxide rings is 1. The maximum Gasteiger partial charge on any atom is 0.345 e. The van der Waals surface area contributed by atoms with Gasteiger partial charge in [0.25, 0.3) is 5.91 Å². The van der Waals surface area contributed by atoms with Gasteiger partial charge in [-0.15, -0.1) is 11.3 Å². The number of hydrogen-bond donors (Lipinski definition) is 3. The Bertz CT molecular complexity index is 967. The fraction of sp³-hybridized carbons (Fsp3) is 0.708. The molecule has 1 aliphatic rings. The number of thiazole rings is 1. The van der Waals surface area contributed by atoms with Crippen molar-refractivity contribution in [3.05, 3.63) is 16.1 Å². The highest BCUT2D eigenvalue weighted by Gasteiger charge is 2.50. The summed E-state index contributed by atoms with van der Waals surface area (Å²) in [6.45, 7) is 6.97. The van der Waals surface area contributed by atoms with Gasteiger partial charge in [-0.1, -0.05) is 27.7 Å². The van der Waals surface area contributed by atoms with Gasteiger partial charge in [-0.2, -0.15) is 8.78 Å². The van der Waals surface area contributed by atoms with Crippen molar-refractivity contribution in [3.63, 3.8) is 0 Å². The Kier molecular flexibility index (Phi) is 11.1. The topological polar surface area (TPSA) is 139 Å². The minimum absolute atomic E-state index is 0.0174. The maximum absolute atomic E-state index is 13.1. The van der Waals surface area contributed by atoms with E-state index in [1.807, 2.05) is 27.7 Å². The van der Waals surface area contributed by atoms with Crippen molar-refractivity contribution in [2.45, 2.75) is 84.7 Å². The van der Waals surface area contributed by atoms with Crippen molar-refractivity contribution >= 4 is 34.8 Å². The molecule has 0 saturated carbocycles. The number of nitrogens with zero attached hydrogens (tertiary/aromatic N) is 1. The summed E-state index contributed by atoms with van der Waals surface area (Å²) < 4.78 is 35.2. The van der Waals surface area contributed by atoms with Gasteiger partial charge >= 0.3 is 6.61 Å². The quantitative estimate of drug-likeness (QED) is 0.287. The van der Waals surface area contributed by atoms with E-state index in [1.165, 1.54) is 6.20 Å². The number of amides is 3. The number of alkyl halides is 2. The van der Waals surface area contributed by atoms with Crippen LogP contribution in [-0.4, -0.2) is 72.0 Å². The lowest BCUT2D eigenvalue weighted by atomic mass is 9.93. The van der Waals surface area contributed by atoms with Crippen LogP contribution in [0.2, 0.25) is 0 Å². The number of carbonyl (C=O) groups excluding carboxylic acids is 4. The SMILES string of the molecule is Cc1ncc(C(=O)N[C@@H](CC(C)C)C(=O)N[C@@H](COC(F)F)C(=O)N[C@@H](CC(C)C)C(=O)[C@]2(C)CO2)s1. The Morgan fingerprint density at radius 3 is 2.05 bits per heavy atom. The number of hydrogen-bond acceptors (Lipinski definition) is 8. The number of Topliss-reactive ketones (excluding diaryl/α,β-unsaturated/α-hetero) is 1. The van der Waals surface area contributed by atoms with E-state index in [9.17, 15) is 28.0 Å². The molecule has 0 unspecified atom stereocenters. The van der Waals surface area contributed by atoms with Crippen LogP contribution in [0, 0.1) is 18.8 Å². The first-order valence-electron chi connectivity index (χ1n) is 12.1. The normalized spacial score (nSPS) is 19.4. The average molecular weight is 547 g/mol. The summed E-state index contributed by atoms with van der Waals surface area (Å²) in [5, 5.41) is 8.29. The van der Waals surface area contributed by atoms with Gasteiger partial charge in [-0.25, -0.2) is 4.98 Å². The lowest BCUT2D eigenvalue weighted by Crippen LogP contribution is -2.58. The highest BCUT2D eigenvalue weighted by molar-refractivity contribution is 7.13. The van der Waals surface area contributed by atoms with Gasteiger partial charge < -0.3 is 25.4 Å². The van der Waals surface area contributed by atoms with Gasteiger partial charge in [0.1, 0.15) is 22.6 Å². The van der Waals surface area contributed by atoms with Crippen molar-refractivity contribution in [3.8, 4) is 0 Å². The highest BCUT2D eigenvalue weighted by atomic mass is 32.1. The van der Waals surface area contributed by atoms with E-state index in [4.69, 9.17) is 4.74 Å². The predicted octanol–water partition coefficient (Wildman–Crippen LogP) is 2.21. The highest BCUT2D eigenvalue weighted by Crippen LogP contribution is 2.29. The van der Waals surface area contributed by atoms with Gasteiger partial charge in [0.15, 0.2) is 5.78 Å². The zero-order chi connectivity index (χ0) is 27.9. The van der Waals surface area contributed by atoms with E-state index in [0.717, 1.165) is 11.3 Å². The molecule has 0 spiro atoms. The lowest BCUT2D eigenvalue weighted by molar-refractivity contribution is -0.148. The van der Waals surface area contributed by atoms with Crippen LogP contribution in [0.15, 0.2) is 6.20 Å². The molecule has 0 radical (unpaired) electrons. The van der Waals surface area contributed by atoms with Crippen LogP contribution >= 0.6 is 11.3 Å². The third-order valence-corrected chi connectivity index (χ3v) is 6.55. The third kappa shape index (κ3) is 9.71. The number of ether oxygens (including phenoxy) is 2. The summed E-state index contributed by atoms with van der Waals surface area (Å²) in [6.07, 6.45) is 1.91. The summed E-state index contributed by atoms with van der Waals surface area (Å²) >= 11 is 1.16. The predicted molar refractivity (Wildman–Crippen MR) is 132 cm³/mol. The van der Waals surface area contributed by atoms with E-state index in [2.05, 4.69) is 25.7 Å². The molecule has 0 aromatic carbocycles. The molecule has 10 nitrogen and oxygen atoms in total. The largest absolute Gasteiger partial charge is 0.361 e. The van der Waals surface area contributed by atoms with E-state index in [-0.39, 0.29) is 30.6 Å². The molecule has 208 valence electrons. The molecule has 2 heterocycles. The number of carbonyl (C=O) groups is 4. The molecule has 37 heavy (non-hydrogen) atoms. The van der Waals surface area contributed by atoms with Crippen LogP contribution in [0.1, 0.15) is 62.1 Å². The zero-order valence-electron chi connectivity index (χ0n) is 21.9. The maximum atomic E-state index is 13.1. The minimum Gasteiger partial charge on any atom is -0.361 e. The van der Waals surface area contributed by atoms with Crippen LogP contribution in [0.3, 0.4) is 0 Å². The molecule has 0 aliphatic carbocycles. The second-order valence-corrected chi connectivity index (χ2v) is 11.4. The monoisotopic (exact) mass is 546 g/mol. The Morgan fingerprint density at radius 2 is 1.57 bits per heavy atom. The summed E-state index contributed by atoms with van der Waals surface area (Å²) in [5.41, 5.74) is -1.01. The molecule has 13 heteroatoms. The first kappa shape index (κ1) is 30.7. The standard InChI is InChI=1S/C24H36F2N4O6S/c1-12(2)7-15(19(31)24(6)11-36-24)28-21(33)17(10-35-23(25)26)30-20(32)16(8-13(3)4)29-22(34)18-9-27-14(5)37-18/h9,12-13,15-17,23H,7-8,10-11H2,1-6H3,(H,28,33)(H,29,34)(H,30,32)/t15-,16-,17-,24-/m0/s1. The number of ketones is 1. The zero-order valence-corrected chi connectivity index (χ0v) is 22.7. The van der Waals surface area contributed by atoms with Gasteiger partial charge in [-0.05, 0) is 38.5 Å². The van der Waals surface area contributed by atoms with E-state index >= 15 is 0 Å². The molecule has 0 bridgehead atoms. The molecule has 1 aromatic heterocycles. The second-order valence-electron chi connectivity index (χ2n) is 10.1. The van der Waals surface area contributed by atoms with Crippen molar-refractivity contribution < 1.29 is 37.4 Å². The van der Waals surface area contributed by atoms with Crippen molar-refractivity contribution in [1.82, 2.24) is 20.9 Å². The molecule has 3 N–H and O–H groups in total. The molecule has 4 atom stereocenters. The van der Waals surface area contributed by atoms with Crippen LogP contribution < -0.4 is 16.0 Å². The molecular formula is C24H36F2N4O6S. The summed E-state index contributed by atoms with van der Waals surface area (Å²) in [5.74, 6) is -2.44. The van der Waals surface area contributed by atoms with E-state index in [0.29, 0.717) is 16.3 Å². The Morgan fingerprint density at radius 1 is 1.03 bits per heavy atom. The fourth-order valence-electron chi connectivity index (χ4n) is 3.62. The number of aromatic nitrogens is 1. The summed E-state index contributed by atoms with van der Waals surface area (Å²) in [6, 6.07) is -3.52. The van der Waals surface area contributed by atoms with E-state index < -0.39 is 54.7 Å². The van der Waals surface area contributed by atoms with Gasteiger partial charge in [0.2, 0.25) is 11.8 Å². The number of rotatable bonds is 15. The molecule has 2 rings (SSSR count). The number of halogens is 2. The van der Waals surface area contributed by atoms with E-state index in [1.54, 1.807) is 13.8 Å². The van der Waals surface area contributed by atoms with Crippen LogP contribution in [0.4, 0.5) is 8.78 Å². The van der Waals surface area contributed by atoms with Crippen LogP contribution in [0.5, 0.6) is 0 Å². The number of nitrogens with one attached hydrogen (secondary N) is 3. The summed E-state index contributed by atoms with van der Waals surface area (Å²) in [7, 11) is 0. The van der Waals surface area contributed by atoms with Crippen molar-refractivity contribution in [2.24, 2.45) is 11.8 Å². The molecule has 1 aromatic rings. The lowest BCUT2D eigenvalue weighted by Gasteiger charge is -2.26. The molecule has 1 saturated heterocycles. The first-order chi connectivity index (χ1) is 17.2. The van der Waals surface area contributed by atoms with Crippen molar-refractivity contribution in [2.75, 3.05) is 13.2 Å². The molecule has 3 amide bonds. The average Bonchev–Trinajstić information content (AvgIpc) is 3.39. The third-order valence-electron chi connectivity index (χ3n) is 5.63. The fourth-order valence-corrected chi connectivity index (χ4v) is 4.30. The molecular weight excluding hydrogens is 510 g/mol. The van der Waals surface area contributed by atoms with Gasteiger partial charge in [0, 0.05) is 0 Å².